The predicted octanol–water partition coefficient (Wildman–Crippen LogP) is 4.17. The van der Waals surface area contributed by atoms with Crippen LogP contribution in [0.25, 0.3) is 10.9 Å². The van der Waals surface area contributed by atoms with E-state index >= 15 is 4.39 Å². The van der Waals surface area contributed by atoms with Crippen LogP contribution in [0.4, 0.5) is 10.1 Å². The number of carboxylic acid groups (broad SMARTS) is 1. The third-order valence-electron chi connectivity index (χ3n) is 6.74. The summed E-state index contributed by atoms with van der Waals surface area (Å²) in [4.78, 5) is 25.6. The van der Waals surface area contributed by atoms with E-state index < -0.39 is 76.4 Å². The van der Waals surface area contributed by atoms with Gasteiger partial charge in [0.05, 0.1) is 18.9 Å². The second kappa shape index (κ2) is 7.97. The summed E-state index contributed by atoms with van der Waals surface area (Å²) in [5.41, 5.74) is -3.89. The zero-order valence-electron chi connectivity index (χ0n) is 27.8. The maximum atomic E-state index is 16.4. The van der Waals surface area contributed by atoms with Crippen molar-refractivity contribution in [3.8, 4) is 5.75 Å². The number of aromatic carboxylic acids is 1. The van der Waals surface area contributed by atoms with Crippen LogP contribution in [0.2, 0.25) is 0 Å². The highest BCUT2D eigenvalue weighted by molar-refractivity contribution is 5.97. The average molecular weight is 480 g/mol. The monoisotopic (exact) mass is 479 g/mol. The van der Waals surface area contributed by atoms with Gasteiger partial charge in [-0.3, -0.25) is 4.79 Å². The van der Waals surface area contributed by atoms with Gasteiger partial charge in [0.25, 0.3) is 0 Å². The molecule has 4 atom stereocenters. The van der Waals surface area contributed by atoms with Crippen LogP contribution in [0.5, 0.6) is 5.75 Å². The summed E-state index contributed by atoms with van der Waals surface area (Å²) in [6.07, 6.45) is -0.728. The fraction of sp³-hybridized carbons (Fsp3) is 0.615. The van der Waals surface area contributed by atoms with Crippen LogP contribution in [0.15, 0.2) is 17.1 Å². The molecule has 1 aliphatic carbocycles. The first kappa shape index (κ1) is 15.4. The standard InChI is InChI=1S/C26H34FN3O4/c1-6-34-24-21-17(23(31)18(25(32)33)12-30(21)16-7-8-16)10-19(27)22(24)29-11-15-9-13(2)26(4,5)28-20(15)14(29)3/h10,12-16,20,28H,6-9,11H2,1-5H3,(H,32,33)/t13?,14-,15+,20-/m1/s1/i9D2,11D2,13D,14D,15D,20D. The Bertz CT molecular complexity index is 1590. The van der Waals surface area contributed by atoms with Gasteiger partial charge in [0, 0.05) is 45.9 Å². The largest absolute Gasteiger partial charge is 0.489 e. The minimum Gasteiger partial charge on any atom is -0.489 e. The molecule has 0 radical (unpaired) electrons. The third kappa shape index (κ3) is 3.49. The number of piperidine rings is 1. The summed E-state index contributed by atoms with van der Waals surface area (Å²) >= 11 is 0. The number of carboxylic acids is 1. The Morgan fingerprint density at radius 3 is 2.74 bits per heavy atom. The van der Waals surface area contributed by atoms with Crippen molar-refractivity contribution in [2.75, 3.05) is 18.0 Å². The molecule has 3 heterocycles. The van der Waals surface area contributed by atoms with Gasteiger partial charge in [-0.25, -0.2) is 9.18 Å². The van der Waals surface area contributed by atoms with Crippen LogP contribution in [0, 0.1) is 17.6 Å². The zero-order valence-corrected chi connectivity index (χ0v) is 19.8. The molecule has 2 aromatic rings. The molecule has 8 heteroatoms. The van der Waals surface area contributed by atoms with Crippen LogP contribution in [-0.2, 0) is 0 Å². The maximum Gasteiger partial charge on any atom is 0.341 e. The number of pyridine rings is 1. The first-order valence-electron chi connectivity index (χ1n) is 15.4. The summed E-state index contributed by atoms with van der Waals surface area (Å²) in [5, 5.41) is 12.0. The number of halogens is 1. The minimum absolute atomic E-state index is 0.0353. The smallest absolute Gasteiger partial charge is 0.341 e. The van der Waals surface area contributed by atoms with Crippen LogP contribution < -0.4 is 20.4 Å². The summed E-state index contributed by atoms with van der Waals surface area (Å²) in [6, 6.07) is -4.92. The number of hydrogen-bond acceptors (Lipinski definition) is 5. The third-order valence-corrected chi connectivity index (χ3v) is 6.74. The number of anilines is 1. The second-order valence-electron chi connectivity index (χ2n) is 9.46. The van der Waals surface area contributed by atoms with Crippen LogP contribution in [0.3, 0.4) is 0 Å². The normalized spacial score (nSPS) is 43.3. The van der Waals surface area contributed by atoms with Crippen molar-refractivity contribution in [1.82, 2.24) is 9.88 Å². The predicted molar refractivity (Wildman–Crippen MR) is 130 cm³/mol. The van der Waals surface area contributed by atoms with Gasteiger partial charge in [-0.05, 0) is 64.8 Å². The first-order chi connectivity index (χ1) is 19.0. The molecule has 2 saturated heterocycles. The Labute approximate surface area is 210 Å². The van der Waals surface area contributed by atoms with Gasteiger partial charge in [0.15, 0.2) is 11.6 Å². The number of aromatic nitrogens is 1. The number of ether oxygens (including phenoxy) is 1. The maximum absolute atomic E-state index is 16.4. The van der Waals surface area contributed by atoms with Crippen molar-refractivity contribution in [3.63, 3.8) is 0 Å². The molecule has 2 aliphatic heterocycles. The van der Waals surface area contributed by atoms with E-state index in [-0.39, 0.29) is 23.6 Å². The molecule has 1 aromatic heterocycles. The highest BCUT2D eigenvalue weighted by Crippen LogP contribution is 2.47. The van der Waals surface area contributed by atoms with Crippen molar-refractivity contribution >= 4 is 22.6 Å². The summed E-state index contributed by atoms with van der Waals surface area (Å²) in [5.74, 6) is -8.58. The molecular formula is C26H34FN3O4. The molecule has 0 spiro atoms. The van der Waals surface area contributed by atoms with E-state index in [1.165, 1.54) is 25.3 Å². The van der Waals surface area contributed by atoms with Crippen molar-refractivity contribution in [1.29, 1.82) is 0 Å². The van der Waals surface area contributed by atoms with Gasteiger partial charge in [0.2, 0.25) is 5.43 Å². The fourth-order valence-electron chi connectivity index (χ4n) is 4.49. The van der Waals surface area contributed by atoms with E-state index in [1.54, 1.807) is 6.92 Å². The first-order valence-corrected chi connectivity index (χ1v) is 11.4. The highest BCUT2D eigenvalue weighted by atomic mass is 19.1. The molecule has 3 aliphatic rings. The van der Waals surface area contributed by atoms with Gasteiger partial charge in [-0.15, -0.1) is 0 Å². The number of hydrogen-bond donors (Lipinski definition) is 2. The van der Waals surface area contributed by atoms with Crippen molar-refractivity contribution in [2.45, 2.75) is 77.4 Å². The van der Waals surface area contributed by atoms with Crippen LogP contribution in [0.1, 0.15) is 81.2 Å². The van der Waals surface area contributed by atoms with Crippen LogP contribution >= 0.6 is 0 Å². The molecule has 1 aromatic carbocycles. The second-order valence-corrected chi connectivity index (χ2v) is 9.46. The summed E-state index contributed by atoms with van der Waals surface area (Å²) in [7, 11) is 0. The molecule has 1 unspecified atom stereocenters. The van der Waals surface area contributed by atoms with Gasteiger partial charge in [-0.1, -0.05) is 6.92 Å². The van der Waals surface area contributed by atoms with Gasteiger partial charge >= 0.3 is 5.97 Å². The number of fused-ring (bicyclic) bond motifs is 2. The molecule has 0 amide bonds. The molecule has 1 saturated carbocycles. The Kier molecular flexibility index (Phi) is 3.61. The number of carbonyl (C=O) groups is 1. The lowest BCUT2D eigenvalue weighted by Crippen LogP contribution is -2.59. The molecule has 7 nitrogen and oxygen atoms in total. The fourth-order valence-corrected chi connectivity index (χ4v) is 4.49. The molecular weight excluding hydrogens is 437 g/mol. The average Bonchev–Trinajstić information content (AvgIpc) is 3.68. The van der Waals surface area contributed by atoms with E-state index in [0.717, 1.165) is 19.2 Å². The minimum atomic E-state index is -3.31. The quantitative estimate of drug-likeness (QED) is 0.670. The van der Waals surface area contributed by atoms with Crippen LogP contribution in [-0.4, -0.2) is 46.3 Å². The molecule has 184 valence electrons. The Morgan fingerprint density at radius 2 is 2.12 bits per heavy atom. The number of nitrogens with zero attached hydrogens (tertiary/aromatic N) is 2. The topological polar surface area (TPSA) is 83.8 Å². The summed E-state index contributed by atoms with van der Waals surface area (Å²) < 4.78 is 97.2. The van der Waals surface area contributed by atoms with Gasteiger partial charge < -0.3 is 24.6 Å². The zero-order chi connectivity index (χ0) is 31.8. The lowest BCUT2D eigenvalue weighted by Gasteiger charge is -2.45. The van der Waals surface area contributed by atoms with Crippen molar-refractivity contribution < 1.29 is 30.0 Å². The molecule has 3 fully saturated rings. The van der Waals surface area contributed by atoms with E-state index in [1.807, 2.05) is 0 Å². The van der Waals surface area contributed by atoms with E-state index in [9.17, 15) is 21.5 Å². The molecule has 5 rings (SSSR count). The molecule has 2 N–H and O–H groups in total. The van der Waals surface area contributed by atoms with Crippen molar-refractivity contribution in [3.05, 3.63) is 33.9 Å². The van der Waals surface area contributed by atoms with E-state index in [2.05, 4.69) is 5.32 Å². The Hall–Kier alpha value is -2.61. The Balaban J connectivity index is 1.93. The van der Waals surface area contributed by atoms with E-state index in [0.29, 0.717) is 17.7 Å². The number of benzene rings is 1. The number of rotatable bonds is 5. The molecule has 34 heavy (non-hydrogen) atoms. The van der Waals surface area contributed by atoms with Gasteiger partial charge in [-0.2, -0.15) is 0 Å². The Morgan fingerprint density at radius 1 is 1.41 bits per heavy atom. The lowest BCUT2D eigenvalue weighted by molar-refractivity contribution is 0.0694. The molecule has 0 bridgehead atoms. The number of nitrogens with one attached hydrogen (secondary N) is 1. The lowest BCUT2D eigenvalue weighted by atomic mass is 9.74. The summed E-state index contributed by atoms with van der Waals surface area (Å²) in [6.45, 7) is 3.23. The SMILES string of the molecule is [2H]C1(C)C(C)(C)N[C@@]2([2H])[C@]([2H])(C([2H])([2H])N(c3c(F)cc4c(=O)c(C(=O)O)cn(C5CC5)c4c3OCC)[C@]2([2H])C)C1([2H])[2H]. The van der Waals surface area contributed by atoms with Crippen molar-refractivity contribution in [2.24, 2.45) is 11.8 Å². The van der Waals surface area contributed by atoms with Gasteiger partial charge in [0.1, 0.15) is 11.3 Å². The highest BCUT2D eigenvalue weighted by Gasteiger charge is 2.48. The van der Waals surface area contributed by atoms with E-state index in [4.69, 9.17) is 8.85 Å².